The highest BCUT2D eigenvalue weighted by molar-refractivity contribution is 5.76. The molecule has 0 spiro atoms. The molecule has 2 aromatic rings. The highest BCUT2D eigenvalue weighted by Gasteiger charge is 2.28. The summed E-state index contributed by atoms with van der Waals surface area (Å²) in [6.07, 6.45) is 5.73. The van der Waals surface area contributed by atoms with Crippen LogP contribution < -0.4 is 15.0 Å². The molecule has 2 aromatic heterocycles. The summed E-state index contributed by atoms with van der Waals surface area (Å²) in [6.45, 7) is 1.61. The van der Waals surface area contributed by atoms with Crippen molar-refractivity contribution in [3.63, 3.8) is 0 Å². The monoisotopic (exact) mass is 361 g/mol. The van der Waals surface area contributed by atoms with E-state index in [2.05, 4.69) is 25.4 Å². The number of rotatable bonds is 7. The van der Waals surface area contributed by atoms with Gasteiger partial charge in [-0.05, 0) is 12.8 Å². The van der Waals surface area contributed by atoms with E-state index < -0.39 is 6.10 Å². The van der Waals surface area contributed by atoms with E-state index in [1.165, 1.54) is 6.33 Å². The summed E-state index contributed by atoms with van der Waals surface area (Å²) in [6, 6.07) is 1.51. The van der Waals surface area contributed by atoms with Crippen LogP contribution in [0, 0.1) is 0 Å². The molecular weight excluding hydrogens is 338 g/mol. The van der Waals surface area contributed by atoms with E-state index in [0.29, 0.717) is 50.7 Å². The van der Waals surface area contributed by atoms with Crippen LogP contribution in [-0.4, -0.2) is 68.1 Å². The Morgan fingerprint density at radius 1 is 1.46 bits per heavy atom. The lowest BCUT2D eigenvalue weighted by Crippen LogP contribution is -2.53. The number of amides is 1. The van der Waals surface area contributed by atoms with Gasteiger partial charge in [0.15, 0.2) is 0 Å². The van der Waals surface area contributed by atoms with Crippen molar-refractivity contribution in [2.75, 3.05) is 25.1 Å². The van der Waals surface area contributed by atoms with Gasteiger partial charge in [-0.1, -0.05) is 0 Å². The molecule has 1 aliphatic rings. The number of anilines is 1. The molecule has 1 aliphatic heterocycles. The minimum atomic E-state index is -0.556. The summed E-state index contributed by atoms with van der Waals surface area (Å²) in [4.78, 5) is 26.4. The molecule has 3 heterocycles. The predicted octanol–water partition coefficient (Wildman–Crippen LogP) is -0.387. The summed E-state index contributed by atoms with van der Waals surface area (Å²) in [5, 5.41) is 17.1. The van der Waals surface area contributed by atoms with Gasteiger partial charge in [-0.25, -0.2) is 9.97 Å². The topological polar surface area (TPSA) is 118 Å². The van der Waals surface area contributed by atoms with Gasteiger partial charge in [0.2, 0.25) is 17.7 Å². The number of aliphatic hydroxyl groups excluding tert-OH is 1. The average molecular weight is 361 g/mol. The summed E-state index contributed by atoms with van der Waals surface area (Å²) >= 11 is 0. The van der Waals surface area contributed by atoms with Crippen molar-refractivity contribution >= 4 is 11.9 Å². The van der Waals surface area contributed by atoms with E-state index in [1.54, 1.807) is 30.4 Å². The Morgan fingerprint density at radius 3 is 3.12 bits per heavy atom. The van der Waals surface area contributed by atoms with Crippen LogP contribution in [0.4, 0.5) is 5.95 Å². The first-order valence-corrected chi connectivity index (χ1v) is 8.56. The van der Waals surface area contributed by atoms with Crippen molar-refractivity contribution in [1.29, 1.82) is 0 Å². The second-order valence-corrected chi connectivity index (χ2v) is 6.22. The molecule has 0 aliphatic carbocycles. The average Bonchev–Trinajstić information content (AvgIpc) is 3.14. The second kappa shape index (κ2) is 8.56. The van der Waals surface area contributed by atoms with Crippen LogP contribution in [0.1, 0.15) is 19.3 Å². The van der Waals surface area contributed by atoms with Crippen LogP contribution >= 0.6 is 0 Å². The number of hydrogen-bond donors (Lipinski definition) is 2. The van der Waals surface area contributed by atoms with Crippen LogP contribution in [-0.2, 0) is 11.3 Å². The minimum absolute atomic E-state index is 0.0456. The Kier molecular flexibility index (Phi) is 5.95. The Hall–Kier alpha value is -2.75. The van der Waals surface area contributed by atoms with Crippen LogP contribution in [0.3, 0.4) is 0 Å². The first-order valence-electron chi connectivity index (χ1n) is 8.56. The molecule has 0 bridgehead atoms. The zero-order chi connectivity index (χ0) is 18.4. The summed E-state index contributed by atoms with van der Waals surface area (Å²) < 4.78 is 6.81. The maximum atomic E-state index is 12.2. The lowest BCUT2D eigenvalue weighted by molar-refractivity contribution is -0.122. The van der Waals surface area contributed by atoms with Crippen molar-refractivity contribution in [2.24, 2.45) is 0 Å². The number of hydrogen-bond acceptors (Lipinski definition) is 8. The molecule has 10 nitrogen and oxygen atoms in total. The van der Waals surface area contributed by atoms with Gasteiger partial charge in [-0.2, -0.15) is 10.1 Å². The number of carbonyl (C=O) groups excluding carboxylic acids is 1. The number of methoxy groups -OCH3 is 1. The molecular formula is C16H23N7O3. The first-order chi connectivity index (χ1) is 12.6. The van der Waals surface area contributed by atoms with Crippen LogP contribution in [0.5, 0.6) is 5.88 Å². The van der Waals surface area contributed by atoms with Crippen molar-refractivity contribution < 1.29 is 14.6 Å². The molecule has 1 fully saturated rings. The Balaban J connectivity index is 1.51. The number of aromatic nitrogens is 5. The van der Waals surface area contributed by atoms with Gasteiger partial charge < -0.3 is 20.1 Å². The third-order valence-corrected chi connectivity index (χ3v) is 4.16. The number of carbonyl (C=O) groups is 1. The van der Waals surface area contributed by atoms with Gasteiger partial charge in [-0.3, -0.25) is 9.48 Å². The molecule has 26 heavy (non-hydrogen) atoms. The van der Waals surface area contributed by atoms with Gasteiger partial charge in [-0.15, -0.1) is 0 Å². The third-order valence-electron chi connectivity index (χ3n) is 4.16. The summed E-state index contributed by atoms with van der Waals surface area (Å²) in [5.41, 5.74) is 0. The van der Waals surface area contributed by atoms with E-state index in [1.807, 2.05) is 4.90 Å². The Bertz CT molecular complexity index is 710. The fourth-order valence-corrected chi connectivity index (χ4v) is 2.99. The molecule has 3 rings (SSSR count). The van der Waals surface area contributed by atoms with Crippen molar-refractivity contribution in [2.45, 2.75) is 38.0 Å². The van der Waals surface area contributed by atoms with E-state index >= 15 is 0 Å². The highest BCUT2D eigenvalue weighted by Crippen LogP contribution is 2.18. The maximum Gasteiger partial charge on any atom is 0.228 e. The normalized spacial score (nSPS) is 20.0. The van der Waals surface area contributed by atoms with Crippen molar-refractivity contribution in [3.05, 3.63) is 24.9 Å². The molecule has 1 saturated heterocycles. The Morgan fingerprint density at radius 2 is 2.35 bits per heavy atom. The number of ether oxygens (including phenoxy) is 1. The fourth-order valence-electron chi connectivity index (χ4n) is 2.99. The molecule has 0 aromatic carbocycles. The van der Waals surface area contributed by atoms with Crippen LogP contribution in [0.15, 0.2) is 24.9 Å². The molecule has 0 saturated carbocycles. The number of nitrogens with zero attached hydrogens (tertiary/aromatic N) is 6. The maximum absolute atomic E-state index is 12.2. The number of piperidine rings is 1. The summed E-state index contributed by atoms with van der Waals surface area (Å²) in [7, 11) is 1.54. The zero-order valence-electron chi connectivity index (χ0n) is 14.7. The van der Waals surface area contributed by atoms with Crippen LogP contribution in [0.2, 0.25) is 0 Å². The molecule has 0 radical (unpaired) electrons. The molecule has 1 amide bonds. The van der Waals surface area contributed by atoms with Crippen LogP contribution in [0.25, 0.3) is 0 Å². The molecule has 10 heteroatoms. The molecule has 2 N–H and O–H groups in total. The standard InChI is InChI=1S/C16H23N7O3/c1-26-15-4-5-18-16(21-15)22-8-12(7-13(24)9-22)20-14(25)3-2-6-23-11-17-10-19-23/h4-5,10-13,24H,2-3,6-9H2,1H3,(H,20,25)/t12-,13+/m0/s1. The summed E-state index contributed by atoms with van der Waals surface area (Å²) in [5.74, 6) is 0.896. The van der Waals surface area contributed by atoms with Gasteiger partial charge in [0, 0.05) is 44.4 Å². The van der Waals surface area contributed by atoms with Gasteiger partial charge >= 0.3 is 0 Å². The van der Waals surface area contributed by atoms with E-state index in [-0.39, 0.29) is 11.9 Å². The number of nitrogens with one attached hydrogen (secondary N) is 1. The first kappa shape index (κ1) is 18.1. The fraction of sp³-hybridized carbons (Fsp3) is 0.562. The zero-order valence-corrected chi connectivity index (χ0v) is 14.7. The third kappa shape index (κ3) is 4.88. The van der Waals surface area contributed by atoms with E-state index in [0.717, 1.165) is 0 Å². The highest BCUT2D eigenvalue weighted by atomic mass is 16.5. The molecule has 140 valence electrons. The smallest absolute Gasteiger partial charge is 0.228 e. The lowest BCUT2D eigenvalue weighted by atomic mass is 10.0. The lowest BCUT2D eigenvalue weighted by Gasteiger charge is -2.36. The van der Waals surface area contributed by atoms with Crippen molar-refractivity contribution in [1.82, 2.24) is 30.0 Å². The van der Waals surface area contributed by atoms with E-state index in [9.17, 15) is 9.90 Å². The van der Waals surface area contributed by atoms with E-state index in [4.69, 9.17) is 4.74 Å². The second-order valence-electron chi connectivity index (χ2n) is 6.22. The predicted molar refractivity (Wildman–Crippen MR) is 92.6 cm³/mol. The number of aliphatic hydroxyl groups is 1. The molecule has 2 atom stereocenters. The minimum Gasteiger partial charge on any atom is -0.481 e. The Labute approximate surface area is 151 Å². The largest absolute Gasteiger partial charge is 0.481 e. The van der Waals surface area contributed by atoms with Crippen molar-refractivity contribution in [3.8, 4) is 5.88 Å². The van der Waals surface area contributed by atoms with Gasteiger partial charge in [0.05, 0.1) is 13.2 Å². The SMILES string of the molecule is COc1ccnc(N2C[C@H](O)C[C@H](NC(=O)CCCn3cncn3)C2)n1. The van der Waals surface area contributed by atoms with Gasteiger partial charge in [0.1, 0.15) is 12.7 Å². The quantitative estimate of drug-likeness (QED) is 0.685. The number of aryl methyl sites for hydroxylation is 1. The number of β-amino-alcohol motifs (C(OH)–C–C–N with tert-alkyl or cyclic N) is 1. The molecule has 0 unspecified atom stereocenters. The van der Waals surface area contributed by atoms with Gasteiger partial charge in [0.25, 0.3) is 0 Å².